The van der Waals surface area contributed by atoms with Gasteiger partial charge >= 0.3 is 12.0 Å². The van der Waals surface area contributed by atoms with E-state index < -0.39 is 23.2 Å². The summed E-state index contributed by atoms with van der Waals surface area (Å²) < 4.78 is 18.9. The van der Waals surface area contributed by atoms with Crippen LogP contribution < -0.4 is 10.1 Å². The smallest absolute Gasteiger partial charge is 0.321 e. The predicted octanol–water partition coefficient (Wildman–Crippen LogP) is 2.94. The molecule has 23 heavy (non-hydrogen) atoms. The van der Waals surface area contributed by atoms with Gasteiger partial charge in [-0.2, -0.15) is 0 Å². The average molecular weight is 324 g/mol. The van der Waals surface area contributed by atoms with Crippen LogP contribution in [0.3, 0.4) is 0 Å². The zero-order chi connectivity index (χ0) is 17.2. The summed E-state index contributed by atoms with van der Waals surface area (Å²) in [5, 5.41) is 11.9. The zero-order valence-corrected chi connectivity index (χ0v) is 13.4. The van der Waals surface area contributed by atoms with Crippen LogP contribution in [0.15, 0.2) is 18.2 Å². The molecule has 2 amide bonds. The highest BCUT2D eigenvalue weighted by Crippen LogP contribution is 2.32. The Hall–Kier alpha value is -2.31. The van der Waals surface area contributed by atoms with E-state index in [0.29, 0.717) is 18.7 Å². The maximum Gasteiger partial charge on any atom is 0.321 e. The number of rotatable bonds is 4. The quantitative estimate of drug-likeness (QED) is 0.892. The zero-order valence-electron chi connectivity index (χ0n) is 13.4. The van der Waals surface area contributed by atoms with E-state index in [2.05, 4.69) is 5.32 Å². The van der Waals surface area contributed by atoms with Crippen molar-refractivity contribution in [1.29, 1.82) is 0 Å². The number of benzene rings is 1. The molecule has 0 saturated carbocycles. The molecule has 126 valence electrons. The molecule has 1 atom stereocenters. The van der Waals surface area contributed by atoms with Crippen LogP contribution in [0.4, 0.5) is 14.9 Å². The number of hydrogen-bond donors (Lipinski definition) is 2. The monoisotopic (exact) mass is 324 g/mol. The molecule has 0 aliphatic carbocycles. The van der Waals surface area contributed by atoms with E-state index in [9.17, 15) is 19.1 Å². The lowest BCUT2D eigenvalue weighted by atomic mass is 9.90. The van der Waals surface area contributed by atoms with Gasteiger partial charge in [-0.25, -0.2) is 9.18 Å². The molecule has 1 heterocycles. The van der Waals surface area contributed by atoms with Gasteiger partial charge in [0.25, 0.3) is 0 Å². The van der Waals surface area contributed by atoms with Crippen molar-refractivity contribution in [2.24, 2.45) is 5.41 Å². The summed E-state index contributed by atoms with van der Waals surface area (Å²) in [6, 6.07) is 3.45. The molecule has 0 radical (unpaired) electrons. The van der Waals surface area contributed by atoms with Gasteiger partial charge in [0.05, 0.1) is 17.2 Å². The number of likely N-dealkylation sites (tertiary alicyclic amines) is 1. The van der Waals surface area contributed by atoms with Crippen molar-refractivity contribution in [2.75, 3.05) is 18.4 Å². The van der Waals surface area contributed by atoms with Crippen molar-refractivity contribution in [1.82, 2.24) is 4.90 Å². The number of urea groups is 1. The number of carboxylic acid groups (broad SMARTS) is 1. The lowest BCUT2D eigenvalue weighted by molar-refractivity contribution is -0.146. The number of halogens is 1. The first-order valence-electron chi connectivity index (χ1n) is 7.47. The number of hydrogen-bond acceptors (Lipinski definition) is 3. The average Bonchev–Trinajstić information content (AvgIpc) is 2.85. The van der Waals surface area contributed by atoms with Crippen molar-refractivity contribution < 1.29 is 23.8 Å². The van der Waals surface area contributed by atoms with Crippen LogP contribution in [0.5, 0.6) is 5.75 Å². The maximum absolute atomic E-state index is 13.4. The summed E-state index contributed by atoms with van der Waals surface area (Å²) in [6.45, 7) is 5.71. The van der Waals surface area contributed by atoms with Crippen molar-refractivity contribution in [3.05, 3.63) is 24.0 Å². The fourth-order valence-electron chi connectivity index (χ4n) is 2.45. The number of nitrogens with zero attached hydrogens (tertiary/aromatic N) is 1. The van der Waals surface area contributed by atoms with Gasteiger partial charge in [-0.05, 0) is 39.3 Å². The Morgan fingerprint density at radius 1 is 1.43 bits per heavy atom. The highest BCUT2D eigenvalue weighted by Gasteiger charge is 2.42. The van der Waals surface area contributed by atoms with E-state index in [4.69, 9.17) is 4.74 Å². The number of amides is 2. The third-order valence-electron chi connectivity index (χ3n) is 3.82. The van der Waals surface area contributed by atoms with Crippen molar-refractivity contribution in [3.63, 3.8) is 0 Å². The largest absolute Gasteiger partial charge is 0.489 e. The molecule has 2 rings (SSSR count). The third kappa shape index (κ3) is 3.91. The molecule has 0 spiro atoms. The van der Waals surface area contributed by atoms with Crippen LogP contribution in [0.2, 0.25) is 0 Å². The molecule has 2 N–H and O–H groups in total. The van der Waals surface area contributed by atoms with Crippen LogP contribution in [0, 0.1) is 11.2 Å². The molecule has 7 heteroatoms. The molecule has 0 bridgehead atoms. The fourth-order valence-corrected chi connectivity index (χ4v) is 2.45. The molecule has 0 aromatic heterocycles. The van der Waals surface area contributed by atoms with Crippen molar-refractivity contribution >= 4 is 17.7 Å². The highest BCUT2D eigenvalue weighted by molar-refractivity contribution is 5.92. The number of ether oxygens (including phenoxy) is 1. The molecule has 1 aromatic carbocycles. The number of aliphatic carboxylic acids is 1. The third-order valence-corrected chi connectivity index (χ3v) is 3.82. The first-order valence-corrected chi connectivity index (χ1v) is 7.47. The summed E-state index contributed by atoms with van der Waals surface area (Å²) in [5.74, 6) is -1.13. The standard InChI is InChI=1S/C16H21FN2O4/c1-10(2)23-13-8-11(17)4-5-12(13)18-15(22)19-7-6-16(3,9-19)14(20)21/h4-5,8,10H,6-7,9H2,1-3H3,(H,18,22)(H,20,21). The van der Waals surface area contributed by atoms with Gasteiger partial charge in [0.2, 0.25) is 0 Å². The first-order chi connectivity index (χ1) is 10.7. The van der Waals surface area contributed by atoms with Gasteiger partial charge in [0.15, 0.2) is 0 Å². The van der Waals surface area contributed by atoms with E-state index in [-0.39, 0.29) is 18.4 Å². The predicted molar refractivity (Wildman–Crippen MR) is 83.1 cm³/mol. The summed E-state index contributed by atoms with van der Waals surface area (Å²) in [6.07, 6.45) is 0.226. The number of carbonyl (C=O) groups excluding carboxylic acids is 1. The van der Waals surface area contributed by atoms with Crippen LogP contribution in [-0.4, -0.2) is 41.2 Å². The first kappa shape index (κ1) is 17.1. The second-order valence-electron chi connectivity index (χ2n) is 6.27. The molecular formula is C16H21FN2O4. The van der Waals surface area contributed by atoms with Crippen LogP contribution in [-0.2, 0) is 4.79 Å². The normalized spacial score (nSPS) is 20.7. The Morgan fingerprint density at radius 2 is 2.13 bits per heavy atom. The summed E-state index contributed by atoms with van der Waals surface area (Å²) >= 11 is 0. The topological polar surface area (TPSA) is 78.9 Å². The van der Waals surface area contributed by atoms with Crippen molar-refractivity contribution in [3.8, 4) is 5.75 Å². The van der Waals surface area contributed by atoms with Gasteiger partial charge in [-0.15, -0.1) is 0 Å². The molecular weight excluding hydrogens is 303 g/mol. The van der Waals surface area contributed by atoms with E-state index in [0.717, 1.165) is 0 Å². The van der Waals surface area contributed by atoms with Gasteiger partial charge in [-0.3, -0.25) is 4.79 Å². The highest BCUT2D eigenvalue weighted by atomic mass is 19.1. The molecule has 1 aliphatic heterocycles. The van der Waals surface area contributed by atoms with Crippen LogP contribution in [0.1, 0.15) is 27.2 Å². The molecule has 1 aromatic rings. The Kier molecular flexibility index (Phi) is 4.77. The SMILES string of the molecule is CC(C)Oc1cc(F)ccc1NC(=O)N1CCC(C)(C(=O)O)C1. The molecule has 6 nitrogen and oxygen atoms in total. The summed E-state index contributed by atoms with van der Waals surface area (Å²) in [5.41, 5.74) is -0.578. The number of nitrogens with one attached hydrogen (secondary N) is 1. The van der Waals surface area contributed by atoms with Gasteiger partial charge in [-0.1, -0.05) is 0 Å². The Morgan fingerprint density at radius 3 is 2.70 bits per heavy atom. The second kappa shape index (κ2) is 6.44. The second-order valence-corrected chi connectivity index (χ2v) is 6.27. The van der Waals surface area contributed by atoms with E-state index in [1.807, 2.05) is 0 Å². The Balaban J connectivity index is 2.11. The molecule has 1 saturated heterocycles. The minimum absolute atomic E-state index is 0.135. The van der Waals surface area contributed by atoms with E-state index >= 15 is 0 Å². The van der Waals surface area contributed by atoms with Gasteiger partial charge in [0, 0.05) is 19.2 Å². The van der Waals surface area contributed by atoms with E-state index in [1.165, 1.54) is 23.1 Å². The van der Waals surface area contributed by atoms with E-state index in [1.54, 1.807) is 20.8 Å². The van der Waals surface area contributed by atoms with Crippen molar-refractivity contribution in [2.45, 2.75) is 33.3 Å². The maximum atomic E-state index is 13.4. The molecule has 1 fully saturated rings. The number of carboxylic acids is 1. The Labute approximate surface area is 134 Å². The fraction of sp³-hybridized carbons (Fsp3) is 0.500. The van der Waals surface area contributed by atoms with Gasteiger partial charge in [0.1, 0.15) is 11.6 Å². The molecule has 1 unspecified atom stereocenters. The minimum Gasteiger partial charge on any atom is -0.489 e. The Bertz CT molecular complexity index is 620. The lowest BCUT2D eigenvalue weighted by Crippen LogP contribution is -2.37. The van der Waals surface area contributed by atoms with Crippen LogP contribution >= 0.6 is 0 Å². The van der Waals surface area contributed by atoms with Gasteiger partial charge < -0.3 is 20.1 Å². The number of anilines is 1. The molecule has 1 aliphatic rings. The van der Waals surface area contributed by atoms with Crippen LogP contribution in [0.25, 0.3) is 0 Å². The summed E-state index contributed by atoms with van der Waals surface area (Å²) in [7, 11) is 0. The number of carbonyl (C=O) groups is 2. The minimum atomic E-state index is -0.933. The summed E-state index contributed by atoms with van der Waals surface area (Å²) in [4.78, 5) is 25.0. The lowest BCUT2D eigenvalue weighted by Gasteiger charge is -2.21.